The third-order valence-electron chi connectivity index (χ3n) is 3.51. The fraction of sp³-hybridized carbons (Fsp3) is 0.294. The van der Waals surface area contributed by atoms with Crippen molar-refractivity contribution in [2.45, 2.75) is 25.1 Å². The fourth-order valence-corrected chi connectivity index (χ4v) is 2.32. The Balaban J connectivity index is 1.92. The third kappa shape index (κ3) is 5.69. The second kappa shape index (κ2) is 8.26. The summed E-state index contributed by atoms with van der Waals surface area (Å²) in [7, 11) is 0. The van der Waals surface area contributed by atoms with Crippen molar-refractivity contribution in [2.75, 3.05) is 28.7 Å². The van der Waals surface area contributed by atoms with Crippen LogP contribution < -0.4 is 22.1 Å². The zero-order valence-electron chi connectivity index (χ0n) is 12.9. The van der Waals surface area contributed by atoms with Crippen LogP contribution in [0.5, 0.6) is 0 Å². The molecule has 2 unspecified atom stereocenters. The lowest BCUT2D eigenvalue weighted by atomic mass is 10.1. The van der Waals surface area contributed by atoms with Gasteiger partial charge < -0.3 is 32.3 Å². The number of anilines is 4. The summed E-state index contributed by atoms with van der Waals surface area (Å²) < 4.78 is 0. The zero-order chi connectivity index (χ0) is 16.7. The maximum atomic E-state index is 10.2. The lowest BCUT2D eigenvalue weighted by Crippen LogP contribution is -2.30. The summed E-state index contributed by atoms with van der Waals surface area (Å²) in [6, 6.07) is 14.5. The molecule has 0 aliphatic heterocycles. The molecule has 0 heterocycles. The molecule has 0 aromatic heterocycles. The van der Waals surface area contributed by atoms with Gasteiger partial charge in [-0.25, -0.2) is 0 Å². The number of rotatable bonds is 8. The molecule has 2 rings (SSSR count). The Bertz CT molecular complexity index is 587. The van der Waals surface area contributed by atoms with Gasteiger partial charge in [-0.1, -0.05) is 0 Å². The van der Waals surface area contributed by atoms with Gasteiger partial charge >= 0.3 is 0 Å². The summed E-state index contributed by atoms with van der Waals surface area (Å²) in [5.74, 6) is 0. The van der Waals surface area contributed by atoms with E-state index in [2.05, 4.69) is 10.6 Å². The molecular formula is C17H24N4O2. The van der Waals surface area contributed by atoms with Crippen LogP contribution in [0.2, 0.25) is 0 Å². The molecule has 0 saturated carbocycles. The maximum absolute atomic E-state index is 10.2. The van der Waals surface area contributed by atoms with E-state index in [1.807, 2.05) is 24.3 Å². The average molecular weight is 316 g/mol. The molecule has 0 spiro atoms. The Morgan fingerprint density at radius 2 is 1.30 bits per heavy atom. The largest absolute Gasteiger partial charge is 0.399 e. The third-order valence-corrected chi connectivity index (χ3v) is 3.51. The molecule has 0 amide bonds. The molecule has 0 aliphatic carbocycles. The highest BCUT2D eigenvalue weighted by Crippen LogP contribution is 2.17. The van der Waals surface area contributed by atoms with Gasteiger partial charge in [0.1, 0.15) is 6.23 Å². The molecule has 0 fully saturated rings. The smallest absolute Gasteiger partial charge is 0.126 e. The summed E-state index contributed by atoms with van der Waals surface area (Å²) in [6.07, 6.45) is 0.233. The highest BCUT2D eigenvalue weighted by atomic mass is 16.3. The molecule has 23 heavy (non-hydrogen) atoms. The summed E-state index contributed by atoms with van der Waals surface area (Å²) in [4.78, 5) is 0. The van der Waals surface area contributed by atoms with Crippen molar-refractivity contribution in [3.63, 3.8) is 0 Å². The lowest BCUT2D eigenvalue weighted by Gasteiger charge is -2.23. The molecule has 0 radical (unpaired) electrons. The minimum Gasteiger partial charge on any atom is -0.399 e. The van der Waals surface area contributed by atoms with Crippen LogP contribution in [0, 0.1) is 0 Å². The van der Waals surface area contributed by atoms with Gasteiger partial charge in [-0.05, 0) is 55.0 Å². The fourth-order valence-electron chi connectivity index (χ4n) is 2.32. The second-order valence-corrected chi connectivity index (χ2v) is 5.49. The Labute approximate surface area is 136 Å². The second-order valence-electron chi connectivity index (χ2n) is 5.49. The van der Waals surface area contributed by atoms with Crippen LogP contribution in [0.25, 0.3) is 0 Å². The van der Waals surface area contributed by atoms with E-state index in [0.717, 1.165) is 11.4 Å². The molecule has 2 aromatic carbocycles. The van der Waals surface area contributed by atoms with Crippen LogP contribution in [-0.2, 0) is 0 Å². The number of hydrogen-bond acceptors (Lipinski definition) is 6. The summed E-state index contributed by atoms with van der Waals surface area (Å²) in [5, 5.41) is 25.7. The van der Waals surface area contributed by atoms with Gasteiger partial charge in [0.15, 0.2) is 0 Å². The predicted molar refractivity (Wildman–Crippen MR) is 95.1 cm³/mol. The highest BCUT2D eigenvalue weighted by molar-refractivity contribution is 5.52. The van der Waals surface area contributed by atoms with Crippen LogP contribution in [0.3, 0.4) is 0 Å². The van der Waals surface area contributed by atoms with Gasteiger partial charge in [0, 0.05) is 41.8 Å². The first-order valence-corrected chi connectivity index (χ1v) is 7.60. The van der Waals surface area contributed by atoms with Crippen LogP contribution >= 0.6 is 0 Å². The predicted octanol–water partition coefficient (Wildman–Crippen LogP) is 1.83. The molecule has 0 bridgehead atoms. The van der Waals surface area contributed by atoms with E-state index in [1.54, 1.807) is 24.3 Å². The van der Waals surface area contributed by atoms with Gasteiger partial charge in [-0.2, -0.15) is 0 Å². The van der Waals surface area contributed by atoms with E-state index in [0.29, 0.717) is 24.2 Å². The topological polar surface area (TPSA) is 117 Å². The lowest BCUT2D eigenvalue weighted by molar-refractivity contribution is 0.177. The maximum Gasteiger partial charge on any atom is 0.126 e. The molecule has 0 saturated heterocycles. The summed E-state index contributed by atoms with van der Waals surface area (Å²) in [5.41, 5.74) is 14.4. The molecular weight excluding hydrogens is 292 g/mol. The molecule has 2 aromatic rings. The first-order valence-electron chi connectivity index (χ1n) is 7.60. The minimum absolute atomic E-state index is 0.0429. The highest BCUT2D eigenvalue weighted by Gasteiger charge is 2.14. The van der Waals surface area contributed by atoms with Gasteiger partial charge in [0.05, 0.1) is 0 Å². The Hall–Kier alpha value is -2.44. The Morgan fingerprint density at radius 1 is 0.826 bits per heavy atom. The van der Waals surface area contributed by atoms with E-state index >= 15 is 0 Å². The van der Waals surface area contributed by atoms with E-state index in [-0.39, 0.29) is 12.6 Å². The van der Waals surface area contributed by atoms with Crippen molar-refractivity contribution in [3.8, 4) is 0 Å². The number of nitrogen functional groups attached to an aromatic ring is 2. The van der Waals surface area contributed by atoms with E-state index in [9.17, 15) is 10.2 Å². The molecule has 2 atom stereocenters. The monoisotopic (exact) mass is 316 g/mol. The van der Waals surface area contributed by atoms with Gasteiger partial charge in [-0.15, -0.1) is 0 Å². The first kappa shape index (κ1) is 16.9. The molecule has 6 nitrogen and oxygen atoms in total. The van der Waals surface area contributed by atoms with Crippen molar-refractivity contribution in [2.24, 2.45) is 0 Å². The van der Waals surface area contributed by atoms with Crippen molar-refractivity contribution < 1.29 is 10.2 Å². The standard InChI is InChI=1S/C17H24N4O2/c18-12-1-5-14(6-2-12)20-16(9-10-22)11-17(23)21-15-7-3-13(19)4-8-15/h1-8,16-17,20-23H,9-11,18-19H2. The molecule has 124 valence electrons. The van der Waals surface area contributed by atoms with Crippen LogP contribution in [0.1, 0.15) is 12.8 Å². The number of nitrogens with one attached hydrogen (secondary N) is 2. The normalized spacial score (nSPS) is 13.3. The van der Waals surface area contributed by atoms with E-state index in [1.165, 1.54) is 0 Å². The SMILES string of the molecule is Nc1ccc(NC(O)CC(CCO)Nc2ccc(N)cc2)cc1. The minimum atomic E-state index is -0.739. The number of hydrogen-bond donors (Lipinski definition) is 6. The van der Waals surface area contributed by atoms with E-state index < -0.39 is 6.23 Å². The van der Waals surface area contributed by atoms with Crippen LogP contribution in [0.15, 0.2) is 48.5 Å². The Morgan fingerprint density at radius 3 is 1.78 bits per heavy atom. The first-order chi connectivity index (χ1) is 11.1. The van der Waals surface area contributed by atoms with Crippen molar-refractivity contribution in [1.29, 1.82) is 0 Å². The number of benzene rings is 2. The number of nitrogens with two attached hydrogens (primary N) is 2. The van der Waals surface area contributed by atoms with E-state index in [4.69, 9.17) is 11.5 Å². The zero-order valence-corrected chi connectivity index (χ0v) is 12.9. The number of aliphatic hydroxyl groups excluding tert-OH is 2. The van der Waals surface area contributed by atoms with Crippen molar-refractivity contribution in [3.05, 3.63) is 48.5 Å². The van der Waals surface area contributed by atoms with Gasteiger partial charge in [0.2, 0.25) is 0 Å². The molecule has 0 aliphatic rings. The quantitative estimate of drug-likeness (QED) is 0.327. The number of aliphatic hydroxyl groups is 2. The van der Waals surface area contributed by atoms with Crippen molar-refractivity contribution in [1.82, 2.24) is 0 Å². The summed E-state index contributed by atoms with van der Waals surface area (Å²) in [6.45, 7) is 0.0429. The van der Waals surface area contributed by atoms with Crippen LogP contribution in [-0.4, -0.2) is 29.1 Å². The Kier molecular flexibility index (Phi) is 6.08. The summed E-state index contributed by atoms with van der Waals surface area (Å²) >= 11 is 0. The molecule has 8 N–H and O–H groups in total. The van der Waals surface area contributed by atoms with Crippen molar-refractivity contribution >= 4 is 22.7 Å². The van der Waals surface area contributed by atoms with Crippen LogP contribution in [0.4, 0.5) is 22.7 Å². The van der Waals surface area contributed by atoms with Gasteiger partial charge in [-0.3, -0.25) is 0 Å². The molecule has 6 heteroatoms. The average Bonchev–Trinajstić information content (AvgIpc) is 2.52. The van der Waals surface area contributed by atoms with Gasteiger partial charge in [0.25, 0.3) is 0 Å².